The van der Waals surface area contributed by atoms with Crippen LogP contribution in [-0.4, -0.2) is 9.78 Å². The van der Waals surface area contributed by atoms with Gasteiger partial charge in [-0.05, 0) is 23.8 Å². The predicted molar refractivity (Wildman–Crippen MR) is 78.3 cm³/mol. The van der Waals surface area contributed by atoms with Gasteiger partial charge in [0.25, 0.3) is 0 Å². The standard InChI is InChI=1S/C16H9F6N3/c17-9-3-1-8(2-4-9)11-5-10(18)6-12(19)14(11)25-15(16(20,21)22)13(23)7-24-25/h1-7H,23H2. The molecule has 130 valence electrons. The lowest BCUT2D eigenvalue weighted by Gasteiger charge is -2.16. The number of nitrogens with zero attached hydrogens (tertiary/aromatic N) is 2. The molecule has 0 amide bonds. The fourth-order valence-corrected chi connectivity index (χ4v) is 2.45. The number of nitrogens with two attached hydrogens (primary N) is 1. The summed E-state index contributed by atoms with van der Waals surface area (Å²) in [5.41, 5.74) is 2.45. The van der Waals surface area contributed by atoms with Crippen LogP contribution in [0.15, 0.2) is 42.6 Å². The van der Waals surface area contributed by atoms with Crippen LogP contribution in [0.2, 0.25) is 0 Å². The number of hydrogen-bond acceptors (Lipinski definition) is 2. The molecule has 2 N–H and O–H groups in total. The molecule has 0 aliphatic carbocycles. The van der Waals surface area contributed by atoms with Crippen molar-refractivity contribution in [1.82, 2.24) is 9.78 Å². The van der Waals surface area contributed by atoms with E-state index in [0.29, 0.717) is 6.07 Å². The molecule has 2 aromatic carbocycles. The zero-order chi connectivity index (χ0) is 18.4. The van der Waals surface area contributed by atoms with Gasteiger partial charge in [-0.15, -0.1) is 0 Å². The summed E-state index contributed by atoms with van der Waals surface area (Å²) < 4.78 is 81.1. The monoisotopic (exact) mass is 357 g/mol. The third-order valence-electron chi connectivity index (χ3n) is 3.46. The predicted octanol–water partition coefficient (Wildman–Crippen LogP) is 4.56. The van der Waals surface area contributed by atoms with E-state index in [1.807, 2.05) is 0 Å². The summed E-state index contributed by atoms with van der Waals surface area (Å²) >= 11 is 0. The lowest BCUT2D eigenvalue weighted by atomic mass is 10.0. The molecule has 1 heterocycles. The van der Waals surface area contributed by atoms with Crippen LogP contribution < -0.4 is 5.73 Å². The average Bonchev–Trinajstić information content (AvgIpc) is 2.88. The molecule has 0 unspecified atom stereocenters. The van der Waals surface area contributed by atoms with E-state index >= 15 is 0 Å². The molecule has 3 rings (SSSR count). The first-order valence-electron chi connectivity index (χ1n) is 6.84. The molecular formula is C16H9F6N3. The molecule has 0 aliphatic heterocycles. The number of rotatable bonds is 2. The average molecular weight is 357 g/mol. The highest BCUT2D eigenvalue weighted by Gasteiger charge is 2.39. The van der Waals surface area contributed by atoms with Crippen molar-refractivity contribution in [2.45, 2.75) is 6.18 Å². The van der Waals surface area contributed by atoms with Crippen molar-refractivity contribution >= 4 is 5.69 Å². The molecule has 0 fully saturated rings. The Kier molecular flexibility index (Phi) is 3.94. The van der Waals surface area contributed by atoms with Gasteiger partial charge in [0.05, 0.1) is 11.9 Å². The minimum Gasteiger partial charge on any atom is -0.396 e. The van der Waals surface area contributed by atoms with Crippen LogP contribution in [0.5, 0.6) is 0 Å². The minimum atomic E-state index is -4.92. The summed E-state index contributed by atoms with van der Waals surface area (Å²) in [6.45, 7) is 0. The Labute approximate surface area is 137 Å². The molecule has 0 saturated carbocycles. The Balaban J connectivity index is 2.33. The van der Waals surface area contributed by atoms with Gasteiger partial charge in [-0.2, -0.15) is 18.3 Å². The van der Waals surface area contributed by atoms with Crippen LogP contribution in [0, 0.1) is 17.5 Å². The fraction of sp³-hybridized carbons (Fsp3) is 0.0625. The van der Waals surface area contributed by atoms with Crippen molar-refractivity contribution in [3.63, 3.8) is 0 Å². The van der Waals surface area contributed by atoms with E-state index in [9.17, 15) is 26.3 Å². The summed E-state index contributed by atoms with van der Waals surface area (Å²) in [6, 6.07) is 5.68. The molecule has 0 spiro atoms. The number of aromatic nitrogens is 2. The number of anilines is 1. The van der Waals surface area contributed by atoms with Gasteiger partial charge in [0.15, 0.2) is 11.5 Å². The molecule has 0 atom stereocenters. The zero-order valence-corrected chi connectivity index (χ0v) is 12.3. The molecule has 0 bridgehead atoms. The maximum atomic E-state index is 14.4. The van der Waals surface area contributed by atoms with Crippen molar-refractivity contribution in [1.29, 1.82) is 0 Å². The first-order valence-corrected chi connectivity index (χ1v) is 6.84. The van der Waals surface area contributed by atoms with Gasteiger partial charge in [-0.25, -0.2) is 17.9 Å². The second kappa shape index (κ2) is 5.83. The van der Waals surface area contributed by atoms with Crippen molar-refractivity contribution in [2.75, 3.05) is 5.73 Å². The van der Waals surface area contributed by atoms with E-state index < -0.39 is 40.7 Å². The van der Waals surface area contributed by atoms with Gasteiger partial charge < -0.3 is 5.73 Å². The number of alkyl halides is 3. The third-order valence-corrected chi connectivity index (χ3v) is 3.46. The highest BCUT2D eigenvalue weighted by Crippen LogP contribution is 2.38. The quantitative estimate of drug-likeness (QED) is 0.684. The zero-order valence-electron chi connectivity index (χ0n) is 12.3. The number of halogens is 6. The molecule has 3 nitrogen and oxygen atoms in total. The smallest absolute Gasteiger partial charge is 0.396 e. The van der Waals surface area contributed by atoms with E-state index in [1.54, 1.807) is 0 Å². The highest BCUT2D eigenvalue weighted by atomic mass is 19.4. The van der Waals surface area contributed by atoms with E-state index in [2.05, 4.69) is 5.10 Å². The molecule has 0 saturated heterocycles. The fourth-order valence-electron chi connectivity index (χ4n) is 2.45. The van der Waals surface area contributed by atoms with Gasteiger partial charge in [-0.3, -0.25) is 0 Å². The topological polar surface area (TPSA) is 43.8 Å². The van der Waals surface area contributed by atoms with Gasteiger partial charge in [0.1, 0.15) is 17.3 Å². The van der Waals surface area contributed by atoms with E-state index in [4.69, 9.17) is 5.73 Å². The van der Waals surface area contributed by atoms with Crippen molar-refractivity contribution in [3.8, 4) is 16.8 Å². The SMILES string of the molecule is Nc1cnn(-c2c(F)cc(F)cc2-c2ccc(F)cc2)c1C(F)(F)F. The van der Waals surface area contributed by atoms with Crippen molar-refractivity contribution in [2.24, 2.45) is 0 Å². The van der Waals surface area contributed by atoms with Crippen molar-refractivity contribution in [3.05, 3.63) is 65.7 Å². The molecule has 3 aromatic rings. The van der Waals surface area contributed by atoms with E-state index in [1.165, 1.54) is 12.1 Å². The van der Waals surface area contributed by atoms with Crippen LogP contribution in [0.25, 0.3) is 16.8 Å². The van der Waals surface area contributed by atoms with Crippen LogP contribution in [-0.2, 0) is 6.18 Å². The Morgan fingerprint density at radius 2 is 1.56 bits per heavy atom. The maximum absolute atomic E-state index is 14.4. The lowest BCUT2D eigenvalue weighted by molar-refractivity contribution is -0.142. The number of nitrogen functional groups attached to an aromatic ring is 1. The summed E-state index contributed by atoms with van der Waals surface area (Å²) in [7, 11) is 0. The van der Waals surface area contributed by atoms with Gasteiger partial charge in [0, 0.05) is 11.6 Å². The van der Waals surface area contributed by atoms with Crippen LogP contribution in [0.4, 0.5) is 32.0 Å². The first kappa shape index (κ1) is 16.9. The van der Waals surface area contributed by atoms with Crippen LogP contribution >= 0.6 is 0 Å². The normalized spacial score (nSPS) is 11.8. The molecule has 1 aromatic heterocycles. The Morgan fingerprint density at radius 3 is 2.16 bits per heavy atom. The highest BCUT2D eigenvalue weighted by molar-refractivity contribution is 5.74. The maximum Gasteiger partial charge on any atom is 0.435 e. The third kappa shape index (κ3) is 3.04. The summed E-state index contributed by atoms with van der Waals surface area (Å²) in [4.78, 5) is 0. The van der Waals surface area contributed by atoms with Crippen molar-refractivity contribution < 1.29 is 26.3 Å². The first-order chi connectivity index (χ1) is 11.7. The van der Waals surface area contributed by atoms with Crippen LogP contribution in [0.1, 0.15) is 5.69 Å². The second-order valence-corrected chi connectivity index (χ2v) is 5.15. The van der Waals surface area contributed by atoms with Gasteiger partial charge in [-0.1, -0.05) is 12.1 Å². The molecule has 0 aliphatic rings. The molecule has 25 heavy (non-hydrogen) atoms. The van der Waals surface area contributed by atoms with Crippen LogP contribution in [0.3, 0.4) is 0 Å². The van der Waals surface area contributed by atoms with Gasteiger partial charge in [0.2, 0.25) is 0 Å². The Morgan fingerprint density at radius 1 is 0.920 bits per heavy atom. The lowest BCUT2D eigenvalue weighted by Crippen LogP contribution is -2.17. The minimum absolute atomic E-state index is 0.108. The summed E-state index contributed by atoms with van der Waals surface area (Å²) in [5, 5.41) is 3.48. The molecule has 9 heteroatoms. The largest absolute Gasteiger partial charge is 0.435 e. The van der Waals surface area contributed by atoms with E-state index in [0.717, 1.165) is 24.4 Å². The Bertz CT molecular complexity index is 928. The second-order valence-electron chi connectivity index (χ2n) is 5.15. The van der Waals surface area contributed by atoms with Gasteiger partial charge >= 0.3 is 6.18 Å². The molecular weight excluding hydrogens is 348 g/mol. The summed E-state index contributed by atoms with van der Waals surface area (Å²) in [6.07, 6.45) is -4.19. The Hall–Kier alpha value is -2.97. The summed E-state index contributed by atoms with van der Waals surface area (Å²) in [5.74, 6) is -2.89. The van der Waals surface area contributed by atoms with E-state index in [-0.39, 0.29) is 15.8 Å². The number of hydrogen-bond donors (Lipinski definition) is 1. The number of benzene rings is 2. The molecule has 0 radical (unpaired) electrons.